The molecule has 0 aliphatic rings. The van der Waals surface area contributed by atoms with Crippen LogP contribution in [0.2, 0.25) is 0 Å². The van der Waals surface area contributed by atoms with E-state index in [1.165, 1.54) is 26.4 Å². The van der Waals surface area contributed by atoms with Crippen molar-refractivity contribution in [1.29, 1.82) is 0 Å². The SMILES string of the molecule is CCc1cc(NC(C)=O)cc(N(OC)OC)c1OC. The molecule has 106 valence electrons. The first-order chi connectivity index (χ1) is 9.07. The summed E-state index contributed by atoms with van der Waals surface area (Å²) < 4.78 is 5.40. The van der Waals surface area contributed by atoms with Crippen LogP contribution in [0.15, 0.2) is 12.1 Å². The summed E-state index contributed by atoms with van der Waals surface area (Å²) in [6.45, 7) is 3.46. The van der Waals surface area contributed by atoms with Crippen LogP contribution in [0.3, 0.4) is 0 Å². The monoisotopic (exact) mass is 268 g/mol. The number of nitrogens with one attached hydrogen (secondary N) is 1. The highest BCUT2D eigenvalue weighted by atomic mass is 16.9. The van der Waals surface area contributed by atoms with Crippen LogP contribution >= 0.6 is 0 Å². The average molecular weight is 268 g/mol. The zero-order valence-corrected chi connectivity index (χ0v) is 11.9. The number of methoxy groups -OCH3 is 1. The predicted octanol–water partition coefficient (Wildman–Crippen LogP) is 2.15. The number of rotatable bonds is 6. The molecular formula is C13H20N2O4. The van der Waals surface area contributed by atoms with Gasteiger partial charge in [0.25, 0.3) is 0 Å². The van der Waals surface area contributed by atoms with Gasteiger partial charge in [0.2, 0.25) is 5.91 Å². The Bertz CT molecular complexity index is 445. The molecule has 1 rings (SSSR count). The van der Waals surface area contributed by atoms with Gasteiger partial charge in [-0.3, -0.25) is 14.5 Å². The molecule has 0 unspecified atom stereocenters. The maximum absolute atomic E-state index is 11.2. The Hall–Kier alpha value is -1.79. The lowest BCUT2D eigenvalue weighted by molar-refractivity contribution is -0.114. The maximum atomic E-state index is 11.2. The van der Waals surface area contributed by atoms with E-state index in [-0.39, 0.29) is 5.91 Å². The highest BCUT2D eigenvalue weighted by Crippen LogP contribution is 2.36. The smallest absolute Gasteiger partial charge is 0.221 e. The van der Waals surface area contributed by atoms with Gasteiger partial charge in [-0.15, -0.1) is 5.23 Å². The van der Waals surface area contributed by atoms with E-state index in [1.807, 2.05) is 13.0 Å². The molecule has 6 heteroatoms. The lowest BCUT2D eigenvalue weighted by Crippen LogP contribution is -2.21. The quantitative estimate of drug-likeness (QED) is 0.801. The highest BCUT2D eigenvalue weighted by molar-refractivity contribution is 5.90. The van der Waals surface area contributed by atoms with E-state index in [9.17, 15) is 4.79 Å². The van der Waals surface area contributed by atoms with Crippen molar-refractivity contribution in [1.82, 2.24) is 0 Å². The minimum atomic E-state index is -0.139. The van der Waals surface area contributed by atoms with Gasteiger partial charge in [-0.2, -0.15) is 0 Å². The number of carbonyl (C=O) groups is 1. The second kappa shape index (κ2) is 6.96. The van der Waals surface area contributed by atoms with E-state index in [4.69, 9.17) is 14.4 Å². The minimum absolute atomic E-state index is 0.139. The fraction of sp³-hybridized carbons (Fsp3) is 0.462. The lowest BCUT2D eigenvalue weighted by atomic mass is 10.1. The summed E-state index contributed by atoms with van der Waals surface area (Å²) in [5, 5.41) is 3.97. The normalized spacial score (nSPS) is 10.2. The van der Waals surface area contributed by atoms with E-state index in [0.717, 1.165) is 12.0 Å². The summed E-state index contributed by atoms with van der Waals surface area (Å²) in [6, 6.07) is 3.60. The van der Waals surface area contributed by atoms with Crippen molar-refractivity contribution < 1.29 is 19.2 Å². The molecule has 0 saturated carbocycles. The minimum Gasteiger partial charge on any atom is -0.494 e. The van der Waals surface area contributed by atoms with Crippen LogP contribution in [-0.2, 0) is 20.9 Å². The van der Waals surface area contributed by atoms with Gasteiger partial charge in [0.05, 0.1) is 21.3 Å². The van der Waals surface area contributed by atoms with Crippen molar-refractivity contribution in [3.8, 4) is 5.75 Å². The third-order valence-corrected chi connectivity index (χ3v) is 2.58. The van der Waals surface area contributed by atoms with Crippen LogP contribution in [0.5, 0.6) is 5.75 Å². The maximum Gasteiger partial charge on any atom is 0.221 e. The van der Waals surface area contributed by atoms with Crippen molar-refractivity contribution in [3.63, 3.8) is 0 Å². The van der Waals surface area contributed by atoms with Crippen LogP contribution < -0.4 is 15.3 Å². The molecule has 0 radical (unpaired) electrons. The molecule has 0 heterocycles. The summed E-state index contributed by atoms with van der Waals surface area (Å²) in [7, 11) is 4.55. The summed E-state index contributed by atoms with van der Waals surface area (Å²) in [6.07, 6.45) is 0.755. The Balaban J connectivity index is 3.34. The number of carbonyl (C=O) groups excluding carboxylic acids is 1. The second-order valence-electron chi connectivity index (χ2n) is 3.84. The van der Waals surface area contributed by atoms with Crippen molar-refractivity contribution in [2.75, 3.05) is 31.9 Å². The number of hydrogen-bond donors (Lipinski definition) is 1. The summed E-state index contributed by atoms with van der Waals surface area (Å²) >= 11 is 0. The lowest BCUT2D eigenvalue weighted by Gasteiger charge is -2.23. The van der Waals surface area contributed by atoms with Crippen LogP contribution in [0.4, 0.5) is 11.4 Å². The number of anilines is 2. The van der Waals surface area contributed by atoms with Gasteiger partial charge in [-0.25, -0.2) is 0 Å². The molecular weight excluding hydrogens is 248 g/mol. The molecule has 19 heavy (non-hydrogen) atoms. The number of aryl methyl sites for hydroxylation is 1. The first-order valence-electron chi connectivity index (χ1n) is 5.94. The molecule has 1 N–H and O–H groups in total. The average Bonchev–Trinajstić information content (AvgIpc) is 2.38. The Morgan fingerprint density at radius 3 is 2.32 bits per heavy atom. The summed E-state index contributed by atoms with van der Waals surface area (Å²) in [5.74, 6) is 0.514. The Kier molecular flexibility index (Phi) is 5.59. The van der Waals surface area contributed by atoms with Crippen molar-refractivity contribution in [2.45, 2.75) is 20.3 Å². The number of amides is 1. The van der Waals surface area contributed by atoms with E-state index >= 15 is 0 Å². The highest BCUT2D eigenvalue weighted by Gasteiger charge is 2.17. The largest absolute Gasteiger partial charge is 0.494 e. The fourth-order valence-corrected chi connectivity index (χ4v) is 1.85. The van der Waals surface area contributed by atoms with Crippen molar-refractivity contribution in [3.05, 3.63) is 17.7 Å². The standard InChI is InChI=1S/C13H20N2O4/c1-6-10-7-11(14-9(2)16)8-12(13(10)17-3)15(18-4)19-5/h7-8H,6H2,1-5H3,(H,14,16). The zero-order valence-electron chi connectivity index (χ0n) is 11.9. The van der Waals surface area contributed by atoms with Gasteiger partial charge in [-0.1, -0.05) is 6.92 Å². The summed E-state index contributed by atoms with van der Waals surface area (Å²) in [5.41, 5.74) is 2.21. The molecule has 0 saturated heterocycles. The molecule has 0 aromatic heterocycles. The van der Waals surface area contributed by atoms with Gasteiger partial charge in [-0.05, 0) is 24.1 Å². The third kappa shape index (κ3) is 3.59. The van der Waals surface area contributed by atoms with Gasteiger partial charge >= 0.3 is 0 Å². The second-order valence-corrected chi connectivity index (χ2v) is 3.84. The van der Waals surface area contributed by atoms with Gasteiger partial charge in [0.15, 0.2) is 5.75 Å². The van der Waals surface area contributed by atoms with E-state index < -0.39 is 0 Å². The molecule has 0 fully saturated rings. The van der Waals surface area contributed by atoms with Crippen LogP contribution in [-0.4, -0.2) is 27.2 Å². The topological polar surface area (TPSA) is 60.0 Å². The zero-order chi connectivity index (χ0) is 14.4. The van der Waals surface area contributed by atoms with E-state index in [0.29, 0.717) is 17.1 Å². The van der Waals surface area contributed by atoms with Crippen LogP contribution in [0.1, 0.15) is 19.4 Å². The number of hydrogen-bond acceptors (Lipinski definition) is 5. The predicted molar refractivity (Wildman–Crippen MR) is 73.2 cm³/mol. The Morgan fingerprint density at radius 1 is 1.26 bits per heavy atom. The molecule has 0 bridgehead atoms. The molecule has 0 aliphatic heterocycles. The van der Waals surface area contributed by atoms with E-state index in [2.05, 4.69) is 5.32 Å². The van der Waals surface area contributed by atoms with Crippen molar-refractivity contribution >= 4 is 17.3 Å². The molecule has 1 aromatic carbocycles. The Labute approximate surface area is 113 Å². The third-order valence-electron chi connectivity index (χ3n) is 2.58. The fourth-order valence-electron chi connectivity index (χ4n) is 1.85. The van der Waals surface area contributed by atoms with E-state index in [1.54, 1.807) is 13.2 Å². The molecule has 0 atom stereocenters. The Morgan fingerprint density at radius 2 is 1.89 bits per heavy atom. The molecule has 6 nitrogen and oxygen atoms in total. The van der Waals surface area contributed by atoms with Gasteiger partial charge in [0.1, 0.15) is 5.69 Å². The summed E-state index contributed by atoms with van der Waals surface area (Å²) in [4.78, 5) is 21.4. The molecule has 0 spiro atoms. The first-order valence-corrected chi connectivity index (χ1v) is 5.94. The number of benzene rings is 1. The first kappa shape index (κ1) is 15.3. The molecule has 1 aromatic rings. The van der Waals surface area contributed by atoms with Crippen LogP contribution in [0, 0.1) is 0 Å². The van der Waals surface area contributed by atoms with Crippen LogP contribution in [0.25, 0.3) is 0 Å². The van der Waals surface area contributed by atoms with Gasteiger partial charge in [0, 0.05) is 12.6 Å². The molecule has 0 aliphatic carbocycles. The van der Waals surface area contributed by atoms with Crippen molar-refractivity contribution in [2.24, 2.45) is 0 Å². The molecule has 1 amide bonds. The van der Waals surface area contributed by atoms with Gasteiger partial charge < -0.3 is 10.1 Å². The number of ether oxygens (including phenoxy) is 1. The number of nitrogens with zero attached hydrogens (tertiary/aromatic N) is 1.